The molecule has 3 aromatic heterocycles. The molecule has 1 atom stereocenters. The molecule has 0 aliphatic carbocycles. The number of carbonyl (C=O) groups is 1. The van der Waals surface area contributed by atoms with Crippen molar-refractivity contribution in [3.8, 4) is 18.0 Å². The minimum absolute atomic E-state index is 0.0699. The summed E-state index contributed by atoms with van der Waals surface area (Å²) < 4.78 is 32.0. The molecular weight excluding hydrogens is 556 g/mol. The zero-order valence-corrected chi connectivity index (χ0v) is 23.7. The van der Waals surface area contributed by atoms with Crippen molar-refractivity contribution in [1.82, 2.24) is 29.2 Å². The summed E-state index contributed by atoms with van der Waals surface area (Å²) in [6, 6.07) is 13.7. The largest absolute Gasteiger partial charge is 0.370 e. The molecular formula is C29H26N8O4S. The zero-order valence-electron chi connectivity index (χ0n) is 22.9. The van der Waals surface area contributed by atoms with Gasteiger partial charge < -0.3 is 10.2 Å². The van der Waals surface area contributed by atoms with E-state index in [1.165, 1.54) is 17.8 Å². The highest BCUT2D eigenvalue weighted by Gasteiger charge is 2.32. The monoisotopic (exact) mass is 582 g/mol. The predicted octanol–water partition coefficient (Wildman–Crippen LogP) is 2.33. The number of para-hydroxylation sites is 1. The second-order valence-corrected chi connectivity index (χ2v) is 11.5. The number of anilines is 2. The number of benzene rings is 2. The Hall–Kier alpha value is -5.19. The molecule has 0 bridgehead atoms. The van der Waals surface area contributed by atoms with Crippen molar-refractivity contribution in [3.05, 3.63) is 93.7 Å². The van der Waals surface area contributed by atoms with E-state index >= 15 is 0 Å². The second-order valence-electron chi connectivity index (χ2n) is 9.84. The Morgan fingerprint density at radius 1 is 1.12 bits per heavy atom. The third kappa shape index (κ3) is 4.25. The average molecular weight is 583 g/mol. The molecule has 0 saturated heterocycles. The Labute approximate surface area is 241 Å². The summed E-state index contributed by atoms with van der Waals surface area (Å²) in [5.41, 5.74) is 3.17. The maximum atomic E-state index is 14.2. The van der Waals surface area contributed by atoms with Crippen LogP contribution in [-0.4, -0.2) is 47.6 Å². The van der Waals surface area contributed by atoms with Crippen molar-refractivity contribution >= 4 is 44.0 Å². The Bertz CT molecular complexity index is 2110. The minimum atomic E-state index is -4.00. The van der Waals surface area contributed by atoms with Crippen LogP contribution in [0.1, 0.15) is 40.1 Å². The average Bonchev–Trinajstić information content (AvgIpc) is 3.51. The molecule has 212 valence electrons. The fourth-order valence-corrected chi connectivity index (χ4v) is 6.00. The fourth-order valence-electron chi connectivity index (χ4n) is 5.50. The number of nitrogens with zero attached hydrogens (tertiary/aromatic N) is 5. The quantitative estimate of drug-likeness (QED) is 0.250. The van der Waals surface area contributed by atoms with Gasteiger partial charge in [-0.2, -0.15) is 8.42 Å². The van der Waals surface area contributed by atoms with E-state index in [1.54, 1.807) is 29.8 Å². The first-order valence-corrected chi connectivity index (χ1v) is 14.5. The predicted molar refractivity (Wildman–Crippen MR) is 160 cm³/mol. The van der Waals surface area contributed by atoms with Crippen molar-refractivity contribution in [3.63, 3.8) is 0 Å². The van der Waals surface area contributed by atoms with E-state index < -0.39 is 22.2 Å². The van der Waals surface area contributed by atoms with Crippen molar-refractivity contribution < 1.29 is 13.2 Å². The molecule has 42 heavy (non-hydrogen) atoms. The highest BCUT2D eigenvalue weighted by atomic mass is 32.2. The van der Waals surface area contributed by atoms with Gasteiger partial charge in [0.25, 0.3) is 21.7 Å². The normalized spacial score (nSPS) is 13.3. The summed E-state index contributed by atoms with van der Waals surface area (Å²) in [5.74, 6) is 1.83. The molecule has 12 nitrogen and oxygen atoms in total. The maximum absolute atomic E-state index is 14.2. The summed E-state index contributed by atoms with van der Waals surface area (Å²) in [4.78, 5) is 34.4. The van der Waals surface area contributed by atoms with Crippen LogP contribution in [0.25, 0.3) is 22.1 Å². The molecule has 1 aliphatic heterocycles. The molecule has 0 radical (unpaired) electrons. The van der Waals surface area contributed by atoms with E-state index in [0.29, 0.717) is 28.9 Å². The molecule has 13 heteroatoms. The van der Waals surface area contributed by atoms with Crippen LogP contribution in [0.4, 0.5) is 11.5 Å². The topological polar surface area (TPSA) is 143 Å². The van der Waals surface area contributed by atoms with Crippen molar-refractivity contribution in [1.29, 1.82) is 0 Å². The van der Waals surface area contributed by atoms with Gasteiger partial charge in [-0.1, -0.05) is 24.1 Å². The summed E-state index contributed by atoms with van der Waals surface area (Å²) in [6.45, 7) is 2.25. The first-order valence-electron chi connectivity index (χ1n) is 13.0. The number of fused-ring (bicyclic) bond motifs is 1. The van der Waals surface area contributed by atoms with Crippen LogP contribution in [0.3, 0.4) is 0 Å². The van der Waals surface area contributed by atoms with Gasteiger partial charge in [0.15, 0.2) is 11.5 Å². The zero-order chi connectivity index (χ0) is 29.8. The van der Waals surface area contributed by atoms with Crippen LogP contribution < -0.4 is 25.2 Å². The van der Waals surface area contributed by atoms with Crippen LogP contribution >= 0.6 is 0 Å². The molecule has 4 heterocycles. The Kier molecular flexibility index (Phi) is 6.44. The number of carbonyl (C=O) groups excluding carboxylic acids is 1. The molecule has 6 rings (SSSR count). The summed E-state index contributed by atoms with van der Waals surface area (Å²) in [7, 11) is -0.830. The number of aromatic nitrogens is 4. The van der Waals surface area contributed by atoms with Crippen molar-refractivity contribution in [2.45, 2.75) is 19.5 Å². The van der Waals surface area contributed by atoms with E-state index in [4.69, 9.17) is 6.42 Å². The van der Waals surface area contributed by atoms with Crippen LogP contribution in [-0.2, 0) is 16.8 Å². The van der Waals surface area contributed by atoms with E-state index in [-0.39, 0.29) is 22.6 Å². The Morgan fingerprint density at radius 2 is 1.88 bits per heavy atom. The summed E-state index contributed by atoms with van der Waals surface area (Å²) in [5, 5.41) is 8.38. The van der Waals surface area contributed by atoms with Crippen LogP contribution in [0, 0.1) is 12.3 Å². The Balaban J connectivity index is 1.54. The van der Waals surface area contributed by atoms with E-state index in [2.05, 4.69) is 30.8 Å². The maximum Gasteiger partial charge on any atom is 0.300 e. The van der Waals surface area contributed by atoms with Gasteiger partial charge in [-0.15, -0.1) is 11.5 Å². The standard InChI is InChI=1S/C29H26N8O4S/c1-5-18-12-13-21-23-20(16-35(21)4)25(37(29(39)22(18)23)19-10-7-6-8-11-19)17(2)32-28(38)24-26(34-42(40,41)30-3)33-36-15-9-14-31-27(24)36/h1,6-15,17,30H,16H2,2-4H3,(H,32,38)(H,33,34)/t17-/m1/s1. The number of hydrogen-bond donors (Lipinski definition) is 3. The van der Waals surface area contributed by atoms with Crippen molar-refractivity contribution in [2.24, 2.45) is 0 Å². The molecule has 0 saturated carbocycles. The first kappa shape index (κ1) is 27.0. The van der Waals surface area contributed by atoms with Gasteiger partial charge in [0.2, 0.25) is 0 Å². The second kappa shape index (κ2) is 10.0. The van der Waals surface area contributed by atoms with Crippen LogP contribution in [0.2, 0.25) is 0 Å². The highest BCUT2D eigenvalue weighted by Crippen LogP contribution is 2.40. The Morgan fingerprint density at radius 3 is 2.60 bits per heavy atom. The molecule has 1 aliphatic rings. The van der Waals surface area contributed by atoms with Crippen LogP contribution in [0.15, 0.2) is 65.7 Å². The molecule has 3 N–H and O–H groups in total. The van der Waals surface area contributed by atoms with E-state index in [0.717, 1.165) is 16.6 Å². The fraction of sp³-hybridized carbons (Fsp3) is 0.172. The van der Waals surface area contributed by atoms with Gasteiger partial charge >= 0.3 is 0 Å². The lowest BCUT2D eigenvalue weighted by Crippen LogP contribution is -2.34. The third-order valence-corrected chi connectivity index (χ3v) is 8.31. The number of hydrogen-bond acceptors (Lipinski definition) is 7. The molecule has 5 aromatic rings. The molecule has 0 spiro atoms. The van der Waals surface area contributed by atoms with Gasteiger partial charge in [-0.3, -0.25) is 18.9 Å². The van der Waals surface area contributed by atoms with Crippen molar-refractivity contribution in [2.75, 3.05) is 23.7 Å². The van der Waals surface area contributed by atoms with E-state index in [1.807, 2.05) is 48.3 Å². The van der Waals surface area contributed by atoms with Gasteiger partial charge in [-0.25, -0.2) is 14.2 Å². The number of nitrogens with one attached hydrogen (secondary N) is 3. The summed E-state index contributed by atoms with van der Waals surface area (Å²) in [6.07, 6.45) is 8.85. The smallest absolute Gasteiger partial charge is 0.300 e. The third-order valence-electron chi connectivity index (χ3n) is 7.31. The lowest BCUT2D eigenvalue weighted by molar-refractivity contribution is 0.0941. The van der Waals surface area contributed by atoms with Gasteiger partial charge in [0.05, 0.1) is 17.1 Å². The number of rotatable bonds is 7. The van der Waals surface area contributed by atoms with Crippen LogP contribution in [0.5, 0.6) is 0 Å². The van der Waals surface area contributed by atoms with Gasteiger partial charge in [0.1, 0.15) is 5.56 Å². The molecule has 0 unspecified atom stereocenters. The molecule has 0 fully saturated rings. The highest BCUT2D eigenvalue weighted by molar-refractivity contribution is 7.90. The van der Waals surface area contributed by atoms with Gasteiger partial charge in [-0.05, 0) is 37.3 Å². The lowest BCUT2D eigenvalue weighted by Gasteiger charge is -2.23. The number of amides is 1. The number of pyridine rings is 1. The van der Waals surface area contributed by atoms with E-state index in [9.17, 15) is 18.0 Å². The summed E-state index contributed by atoms with van der Waals surface area (Å²) >= 11 is 0. The SMILES string of the molecule is C#Cc1ccc2c3c(c([C@@H](C)NC(=O)c4c(NS(=O)(=O)NC)nn5cccnc45)n(-c4ccccc4)c(=O)c13)CN2C. The first-order chi connectivity index (χ1) is 20.1. The number of terminal acetylenes is 1. The molecule has 2 aromatic carbocycles. The molecule has 1 amide bonds. The lowest BCUT2D eigenvalue weighted by atomic mass is 9.97. The van der Waals surface area contributed by atoms with Gasteiger partial charge in [0, 0.05) is 60.9 Å². The minimum Gasteiger partial charge on any atom is -0.370 e.